The Morgan fingerprint density at radius 2 is 1.89 bits per heavy atom. The van der Waals surface area contributed by atoms with Crippen LogP contribution in [0.25, 0.3) is 0 Å². The van der Waals surface area contributed by atoms with Crippen molar-refractivity contribution in [1.29, 1.82) is 0 Å². The number of hydrogen-bond acceptors (Lipinski definition) is 3. The molecule has 19 heavy (non-hydrogen) atoms. The second kappa shape index (κ2) is 6.89. The van der Waals surface area contributed by atoms with Gasteiger partial charge in [-0.05, 0) is 32.6 Å². The van der Waals surface area contributed by atoms with E-state index in [2.05, 4.69) is 5.32 Å². The SMILES string of the molecule is CCCC(=O)NC1CCN(C(=O)C(C)(N)CC)CC1. The summed E-state index contributed by atoms with van der Waals surface area (Å²) in [6.07, 6.45) is 3.72. The Labute approximate surface area is 115 Å². The van der Waals surface area contributed by atoms with E-state index >= 15 is 0 Å². The van der Waals surface area contributed by atoms with Gasteiger partial charge in [-0.25, -0.2) is 0 Å². The Bertz CT molecular complexity index is 321. The molecule has 0 aromatic heterocycles. The third-order valence-corrected chi connectivity index (χ3v) is 3.85. The van der Waals surface area contributed by atoms with Crippen LogP contribution in [-0.2, 0) is 9.59 Å². The van der Waals surface area contributed by atoms with Crippen LogP contribution in [-0.4, -0.2) is 41.4 Å². The van der Waals surface area contributed by atoms with Gasteiger partial charge in [0.25, 0.3) is 0 Å². The van der Waals surface area contributed by atoms with Crippen LogP contribution in [0.2, 0.25) is 0 Å². The summed E-state index contributed by atoms with van der Waals surface area (Å²) in [7, 11) is 0. The summed E-state index contributed by atoms with van der Waals surface area (Å²) in [5.74, 6) is 0.137. The molecule has 1 aliphatic heterocycles. The quantitative estimate of drug-likeness (QED) is 0.782. The molecule has 0 aromatic rings. The summed E-state index contributed by atoms with van der Waals surface area (Å²) in [6, 6.07) is 0.203. The third-order valence-electron chi connectivity index (χ3n) is 3.85. The number of carbonyl (C=O) groups is 2. The maximum Gasteiger partial charge on any atom is 0.242 e. The molecule has 1 heterocycles. The summed E-state index contributed by atoms with van der Waals surface area (Å²) < 4.78 is 0. The van der Waals surface area contributed by atoms with Crippen LogP contribution in [0.15, 0.2) is 0 Å². The van der Waals surface area contributed by atoms with E-state index < -0.39 is 5.54 Å². The molecule has 1 unspecified atom stereocenters. The van der Waals surface area contributed by atoms with Gasteiger partial charge in [-0.15, -0.1) is 0 Å². The summed E-state index contributed by atoms with van der Waals surface area (Å²) >= 11 is 0. The highest BCUT2D eigenvalue weighted by Gasteiger charge is 2.33. The van der Waals surface area contributed by atoms with E-state index in [0.717, 1.165) is 19.3 Å². The molecule has 0 bridgehead atoms. The summed E-state index contributed by atoms with van der Waals surface area (Å²) in [5.41, 5.74) is 5.22. The standard InChI is InChI=1S/C14H27N3O2/c1-4-6-12(18)16-11-7-9-17(10-8-11)13(19)14(3,15)5-2/h11H,4-10,15H2,1-3H3,(H,16,18). The highest BCUT2D eigenvalue weighted by molar-refractivity contribution is 5.85. The molecule has 5 nitrogen and oxygen atoms in total. The van der Waals surface area contributed by atoms with Crippen LogP contribution in [0.3, 0.4) is 0 Å². The monoisotopic (exact) mass is 269 g/mol. The molecule has 5 heteroatoms. The number of hydrogen-bond donors (Lipinski definition) is 2. The number of nitrogens with zero attached hydrogens (tertiary/aromatic N) is 1. The Morgan fingerprint density at radius 3 is 2.37 bits per heavy atom. The van der Waals surface area contributed by atoms with Crippen molar-refractivity contribution in [3.8, 4) is 0 Å². The molecule has 1 atom stereocenters. The molecule has 0 aromatic carbocycles. The molecule has 1 aliphatic rings. The predicted molar refractivity (Wildman–Crippen MR) is 75.5 cm³/mol. The number of likely N-dealkylation sites (tertiary alicyclic amines) is 1. The number of piperidine rings is 1. The Morgan fingerprint density at radius 1 is 1.32 bits per heavy atom. The minimum absolute atomic E-state index is 0.0216. The van der Waals surface area contributed by atoms with E-state index in [9.17, 15) is 9.59 Å². The van der Waals surface area contributed by atoms with Crippen molar-refractivity contribution in [2.75, 3.05) is 13.1 Å². The van der Waals surface area contributed by atoms with Crippen LogP contribution >= 0.6 is 0 Å². The van der Waals surface area contributed by atoms with Gasteiger partial charge >= 0.3 is 0 Å². The summed E-state index contributed by atoms with van der Waals surface area (Å²) in [4.78, 5) is 25.5. The van der Waals surface area contributed by atoms with Crippen LogP contribution in [0.4, 0.5) is 0 Å². The molecule has 1 saturated heterocycles. The zero-order chi connectivity index (χ0) is 14.5. The van der Waals surface area contributed by atoms with E-state index in [0.29, 0.717) is 25.9 Å². The number of amides is 2. The van der Waals surface area contributed by atoms with Crippen molar-refractivity contribution in [2.24, 2.45) is 5.73 Å². The Balaban J connectivity index is 2.41. The molecule has 1 fully saturated rings. The molecular formula is C14H27N3O2. The van der Waals surface area contributed by atoms with Gasteiger partial charge in [0, 0.05) is 25.6 Å². The fourth-order valence-electron chi connectivity index (χ4n) is 2.27. The first-order chi connectivity index (χ1) is 8.90. The second-order valence-electron chi connectivity index (χ2n) is 5.66. The van der Waals surface area contributed by atoms with Gasteiger partial charge < -0.3 is 16.0 Å². The van der Waals surface area contributed by atoms with Gasteiger partial charge in [-0.3, -0.25) is 9.59 Å². The maximum absolute atomic E-state index is 12.2. The highest BCUT2D eigenvalue weighted by Crippen LogP contribution is 2.16. The Kier molecular flexibility index (Phi) is 5.79. The van der Waals surface area contributed by atoms with Crippen molar-refractivity contribution >= 4 is 11.8 Å². The molecule has 0 spiro atoms. The minimum Gasteiger partial charge on any atom is -0.353 e. The van der Waals surface area contributed by atoms with E-state index in [-0.39, 0.29) is 17.9 Å². The smallest absolute Gasteiger partial charge is 0.242 e. The topological polar surface area (TPSA) is 75.4 Å². The molecule has 0 aliphatic carbocycles. The van der Waals surface area contributed by atoms with Gasteiger partial charge in [0.05, 0.1) is 5.54 Å². The van der Waals surface area contributed by atoms with E-state index in [4.69, 9.17) is 5.73 Å². The number of nitrogens with one attached hydrogen (secondary N) is 1. The molecule has 3 N–H and O–H groups in total. The highest BCUT2D eigenvalue weighted by atomic mass is 16.2. The zero-order valence-electron chi connectivity index (χ0n) is 12.4. The number of carbonyl (C=O) groups excluding carboxylic acids is 2. The first kappa shape index (κ1) is 16.0. The average Bonchev–Trinajstić information content (AvgIpc) is 2.39. The molecule has 0 saturated carbocycles. The number of nitrogens with two attached hydrogens (primary N) is 1. The zero-order valence-corrected chi connectivity index (χ0v) is 12.4. The van der Waals surface area contributed by atoms with Gasteiger partial charge in [-0.1, -0.05) is 13.8 Å². The first-order valence-corrected chi connectivity index (χ1v) is 7.28. The lowest BCUT2D eigenvalue weighted by molar-refractivity contribution is -0.137. The van der Waals surface area contributed by atoms with E-state index in [1.165, 1.54) is 0 Å². The Hall–Kier alpha value is -1.10. The summed E-state index contributed by atoms with van der Waals surface area (Å²) in [5, 5.41) is 3.02. The lowest BCUT2D eigenvalue weighted by Crippen LogP contribution is -2.56. The van der Waals surface area contributed by atoms with Crippen molar-refractivity contribution in [3.63, 3.8) is 0 Å². The van der Waals surface area contributed by atoms with Crippen LogP contribution < -0.4 is 11.1 Å². The largest absolute Gasteiger partial charge is 0.353 e. The van der Waals surface area contributed by atoms with Crippen molar-refractivity contribution in [3.05, 3.63) is 0 Å². The minimum atomic E-state index is -0.766. The van der Waals surface area contributed by atoms with Gasteiger partial charge in [0.1, 0.15) is 0 Å². The van der Waals surface area contributed by atoms with Gasteiger partial charge in [-0.2, -0.15) is 0 Å². The predicted octanol–water partition coefficient (Wildman–Crippen LogP) is 1.02. The summed E-state index contributed by atoms with van der Waals surface area (Å²) in [6.45, 7) is 7.07. The van der Waals surface area contributed by atoms with Gasteiger partial charge in [0.2, 0.25) is 11.8 Å². The average molecular weight is 269 g/mol. The van der Waals surface area contributed by atoms with Gasteiger partial charge in [0.15, 0.2) is 0 Å². The fraction of sp³-hybridized carbons (Fsp3) is 0.857. The normalized spacial score (nSPS) is 19.9. The molecule has 0 radical (unpaired) electrons. The third kappa shape index (κ3) is 4.49. The van der Waals surface area contributed by atoms with E-state index in [1.807, 2.05) is 18.7 Å². The van der Waals surface area contributed by atoms with Crippen molar-refractivity contribution < 1.29 is 9.59 Å². The van der Waals surface area contributed by atoms with Crippen molar-refractivity contribution in [1.82, 2.24) is 10.2 Å². The number of rotatable bonds is 5. The van der Waals surface area contributed by atoms with Crippen molar-refractivity contribution in [2.45, 2.75) is 64.5 Å². The fourth-order valence-corrected chi connectivity index (χ4v) is 2.27. The van der Waals surface area contributed by atoms with Crippen LogP contribution in [0.1, 0.15) is 52.9 Å². The lowest BCUT2D eigenvalue weighted by atomic mass is 9.96. The lowest BCUT2D eigenvalue weighted by Gasteiger charge is -2.36. The first-order valence-electron chi connectivity index (χ1n) is 7.28. The molecule has 1 rings (SSSR count). The second-order valence-corrected chi connectivity index (χ2v) is 5.66. The van der Waals surface area contributed by atoms with Crippen LogP contribution in [0, 0.1) is 0 Å². The molecular weight excluding hydrogens is 242 g/mol. The van der Waals surface area contributed by atoms with Crippen LogP contribution in [0.5, 0.6) is 0 Å². The molecule has 2 amide bonds. The van der Waals surface area contributed by atoms with E-state index in [1.54, 1.807) is 6.92 Å². The molecule has 110 valence electrons. The maximum atomic E-state index is 12.2.